The fourth-order valence-electron chi connectivity index (χ4n) is 3.55. The molecule has 0 spiro atoms. The van der Waals surface area contributed by atoms with Crippen molar-refractivity contribution >= 4 is 37.5 Å². The number of rotatable bonds is 7. The lowest BCUT2D eigenvalue weighted by molar-refractivity contribution is -0.119. The van der Waals surface area contributed by atoms with Crippen LogP contribution in [-0.4, -0.2) is 41.1 Å². The number of hydrogen-bond acceptors (Lipinski definition) is 5. The largest absolute Gasteiger partial charge is 0.493 e. The first-order valence-electron chi connectivity index (χ1n) is 9.86. The van der Waals surface area contributed by atoms with Crippen LogP contribution >= 0.6 is 15.9 Å². The Morgan fingerprint density at radius 3 is 2.50 bits per heavy atom. The highest BCUT2D eigenvalue weighted by atomic mass is 79.9. The van der Waals surface area contributed by atoms with E-state index in [9.17, 15) is 13.2 Å². The van der Waals surface area contributed by atoms with E-state index in [1.165, 1.54) is 0 Å². The first-order chi connectivity index (χ1) is 15.4. The maximum atomic E-state index is 13.3. The minimum atomic E-state index is -3.88. The molecule has 1 aliphatic rings. The van der Waals surface area contributed by atoms with E-state index in [1.807, 2.05) is 18.2 Å². The molecule has 0 aromatic heterocycles. The predicted molar refractivity (Wildman–Crippen MR) is 126 cm³/mol. The summed E-state index contributed by atoms with van der Waals surface area (Å²) in [7, 11) is -2.32. The number of nitrogens with zero attached hydrogens (tertiary/aromatic N) is 1. The van der Waals surface area contributed by atoms with Crippen LogP contribution < -0.4 is 19.1 Å². The van der Waals surface area contributed by atoms with E-state index in [-0.39, 0.29) is 24.6 Å². The van der Waals surface area contributed by atoms with Gasteiger partial charge in [0.15, 0.2) is 11.5 Å². The maximum Gasteiger partial charge on any atom is 0.265 e. The van der Waals surface area contributed by atoms with E-state index in [0.717, 1.165) is 14.3 Å². The zero-order valence-corrected chi connectivity index (χ0v) is 19.6. The Balaban J connectivity index is 1.47. The van der Waals surface area contributed by atoms with Crippen molar-refractivity contribution in [3.8, 4) is 22.6 Å². The fourth-order valence-corrected chi connectivity index (χ4v) is 5.56. The van der Waals surface area contributed by atoms with Gasteiger partial charge in [-0.3, -0.25) is 9.10 Å². The molecule has 9 heteroatoms. The number of ether oxygens (including phenoxy) is 2. The first kappa shape index (κ1) is 22.2. The number of nitrogens with one attached hydrogen (secondary N) is 1. The van der Waals surface area contributed by atoms with Gasteiger partial charge >= 0.3 is 0 Å². The highest BCUT2D eigenvalue weighted by molar-refractivity contribution is 9.10. The summed E-state index contributed by atoms with van der Waals surface area (Å²) in [4.78, 5) is 12.8. The molecule has 1 aliphatic heterocycles. The van der Waals surface area contributed by atoms with E-state index < -0.39 is 15.9 Å². The van der Waals surface area contributed by atoms with Gasteiger partial charge in [0.25, 0.3) is 10.0 Å². The molecule has 0 radical (unpaired) electrons. The van der Waals surface area contributed by atoms with E-state index in [1.54, 1.807) is 55.6 Å². The number of sulfonamides is 1. The molecule has 166 valence electrons. The number of carbonyl (C=O) groups excluding carboxylic acids is 1. The molecule has 4 rings (SSSR count). The van der Waals surface area contributed by atoms with Crippen LogP contribution in [0.15, 0.2) is 76.1 Å². The van der Waals surface area contributed by atoms with Crippen LogP contribution in [0, 0.1) is 0 Å². The number of methoxy groups -OCH3 is 1. The number of fused-ring (bicyclic) bond motifs is 3. The normalized spacial score (nSPS) is 13.6. The number of halogens is 1. The van der Waals surface area contributed by atoms with Gasteiger partial charge in [-0.2, -0.15) is 0 Å². The second kappa shape index (κ2) is 9.22. The Kier molecular flexibility index (Phi) is 6.38. The van der Waals surface area contributed by atoms with Crippen LogP contribution in [0.1, 0.15) is 0 Å². The summed E-state index contributed by atoms with van der Waals surface area (Å²) in [5.41, 5.74) is 1.83. The molecule has 1 amide bonds. The molecule has 32 heavy (non-hydrogen) atoms. The van der Waals surface area contributed by atoms with Crippen LogP contribution in [0.4, 0.5) is 5.69 Å². The van der Waals surface area contributed by atoms with Crippen molar-refractivity contribution in [3.05, 3.63) is 71.2 Å². The standard InChI is InChI=1S/C23H21BrN2O5S/c1-30-20-7-3-4-8-21(20)31-13-12-25-23(27)15-26-19-11-10-16(24)14-18(19)17-6-2-5-9-22(17)32(26,28)29/h2-11,14H,12-13,15H2,1H3,(H,25,27). The van der Waals surface area contributed by atoms with Crippen molar-refractivity contribution < 1.29 is 22.7 Å². The molecule has 0 fully saturated rings. The van der Waals surface area contributed by atoms with Crippen molar-refractivity contribution in [1.82, 2.24) is 5.32 Å². The monoisotopic (exact) mass is 516 g/mol. The van der Waals surface area contributed by atoms with Crippen LogP contribution in [-0.2, 0) is 14.8 Å². The summed E-state index contributed by atoms with van der Waals surface area (Å²) in [5.74, 6) is 0.740. The number of carbonyl (C=O) groups is 1. The Hall–Kier alpha value is -3.04. The molecular weight excluding hydrogens is 496 g/mol. The molecule has 0 aliphatic carbocycles. The molecule has 1 heterocycles. The molecule has 3 aromatic rings. The van der Waals surface area contributed by atoms with Crippen molar-refractivity contribution in [2.24, 2.45) is 0 Å². The summed E-state index contributed by atoms with van der Waals surface area (Å²) < 4.78 is 39.4. The van der Waals surface area contributed by atoms with E-state index in [0.29, 0.717) is 22.7 Å². The maximum absolute atomic E-state index is 13.3. The highest BCUT2D eigenvalue weighted by Crippen LogP contribution is 2.43. The SMILES string of the molecule is COc1ccccc1OCCNC(=O)CN1c2ccc(Br)cc2-c2ccccc2S1(=O)=O. The second-order valence-electron chi connectivity index (χ2n) is 7.02. The summed E-state index contributed by atoms with van der Waals surface area (Å²) in [5, 5.41) is 2.72. The molecule has 0 saturated heterocycles. The summed E-state index contributed by atoms with van der Waals surface area (Å²) >= 11 is 3.44. The minimum absolute atomic E-state index is 0.179. The summed E-state index contributed by atoms with van der Waals surface area (Å²) in [6.45, 7) is 0.0970. The zero-order chi connectivity index (χ0) is 22.7. The molecule has 7 nitrogen and oxygen atoms in total. The van der Waals surface area contributed by atoms with E-state index in [4.69, 9.17) is 9.47 Å². The van der Waals surface area contributed by atoms with Crippen LogP contribution in [0.25, 0.3) is 11.1 Å². The zero-order valence-electron chi connectivity index (χ0n) is 17.2. The average molecular weight is 517 g/mol. The van der Waals surface area contributed by atoms with Gasteiger partial charge in [-0.25, -0.2) is 8.42 Å². The molecule has 0 atom stereocenters. The lowest BCUT2D eigenvalue weighted by Crippen LogP contribution is -2.43. The van der Waals surface area contributed by atoms with Gasteiger partial charge < -0.3 is 14.8 Å². The first-order valence-corrected chi connectivity index (χ1v) is 12.1. The van der Waals surface area contributed by atoms with Crippen molar-refractivity contribution in [2.75, 3.05) is 31.1 Å². The third-order valence-corrected chi connectivity index (χ3v) is 7.32. The number of amides is 1. The van der Waals surface area contributed by atoms with E-state index >= 15 is 0 Å². The molecule has 0 bridgehead atoms. The molecule has 3 aromatic carbocycles. The lowest BCUT2D eigenvalue weighted by Gasteiger charge is -2.31. The topological polar surface area (TPSA) is 84.9 Å². The molecular formula is C23H21BrN2O5S. The summed E-state index contributed by atoms with van der Waals surface area (Å²) in [6, 6.07) is 19.3. The molecule has 0 unspecified atom stereocenters. The van der Waals surface area contributed by atoms with Gasteiger partial charge in [0.05, 0.1) is 24.2 Å². The van der Waals surface area contributed by atoms with Gasteiger partial charge in [0, 0.05) is 15.6 Å². The number of para-hydroxylation sites is 2. The smallest absolute Gasteiger partial charge is 0.265 e. The van der Waals surface area contributed by atoms with Gasteiger partial charge in [-0.05, 0) is 36.4 Å². The lowest BCUT2D eigenvalue weighted by atomic mass is 10.0. The minimum Gasteiger partial charge on any atom is -0.493 e. The van der Waals surface area contributed by atoms with Gasteiger partial charge in [0.1, 0.15) is 13.2 Å². The average Bonchev–Trinajstić information content (AvgIpc) is 2.80. The Labute approximate surface area is 195 Å². The Morgan fingerprint density at radius 2 is 1.72 bits per heavy atom. The summed E-state index contributed by atoms with van der Waals surface area (Å²) in [6.07, 6.45) is 0. The van der Waals surface area contributed by atoms with Crippen LogP contribution in [0.3, 0.4) is 0 Å². The third-order valence-electron chi connectivity index (χ3n) is 5.01. The number of anilines is 1. The third kappa shape index (κ3) is 4.31. The molecule has 0 saturated carbocycles. The Morgan fingerprint density at radius 1 is 1.00 bits per heavy atom. The second-order valence-corrected chi connectivity index (χ2v) is 9.76. The van der Waals surface area contributed by atoms with Crippen molar-refractivity contribution in [1.29, 1.82) is 0 Å². The fraction of sp³-hybridized carbons (Fsp3) is 0.174. The van der Waals surface area contributed by atoms with Crippen molar-refractivity contribution in [2.45, 2.75) is 4.90 Å². The van der Waals surface area contributed by atoms with Crippen molar-refractivity contribution in [3.63, 3.8) is 0 Å². The predicted octanol–water partition coefficient (Wildman–Crippen LogP) is 3.83. The van der Waals surface area contributed by atoms with Crippen LogP contribution in [0.2, 0.25) is 0 Å². The number of hydrogen-bond donors (Lipinski definition) is 1. The van der Waals surface area contributed by atoms with Gasteiger partial charge in [-0.15, -0.1) is 0 Å². The molecule has 1 N–H and O–H groups in total. The van der Waals surface area contributed by atoms with Gasteiger partial charge in [0.2, 0.25) is 5.91 Å². The van der Waals surface area contributed by atoms with E-state index in [2.05, 4.69) is 21.2 Å². The highest BCUT2D eigenvalue weighted by Gasteiger charge is 2.35. The number of benzene rings is 3. The Bertz CT molecular complexity index is 1260. The van der Waals surface area contributed by atoms with Gasteiger partial charge in [-0.1, -0.05) is 46.3 Å². The quantitative estimate of drug-likeness (QED) is 0.482. The van der Waals surface area contributed by atoms with Crippen LogP contribution in [0.5, 0.6) is 11.5 Å².